The Balaban J connectivity index is 1.69. The van der Waals surface area contributed by atoms with Crippen LogP contribution in [-0.2, 0) is 11.8 Å². The van der Waals surface area contributed by atoms with Crippen molar-refractivity contribution in [2.24, 2.45) is 17.8 Å². The molecule has 3 nitrogen and oxygen atoms in total. The second-order valence-corrected chi connectivity index (χ2v) is 7.56. The van der Waals surface area contributed by atoms with Crippen molar-refractivity contribution in [3.63, 3.8) is 0 Å². The van der Waals surface area contributed by atoms with Crippen LogP contribution < -0.4 is 5.32 Å². The Labute approximate surface area is 121 Å². The van der Waals surface area contributed by atoms with E-state index >= 15 is 0 Å². The number of oxazole rings is 1. The molecule has 1 heterocycles. The third-order valence-corrected chi connectivity index (χ3v) is 5.95. The fourth-order valence-electron chi connectivity index (χ4n) is 5.69. The van der Waals surface area contributed by atoms with E-state index in [4.69, 9.17) is 9.40 Å². The topological polar surface area (TPSA) is 38.1 Å². The van der Waals surface area contributed by atoms with Gasteiger partial charge in [0.15, 0.2) is 5.89 Å². The fourth-order valence-corrected chi connectivity index (χ4v) is 5.69. The van der Waals surface area contributed by atoms with Crippen molar-refractivity contribution in [1.29, 1.82) is 0 Å². The molecule has 0 spiro atoms. The zero-order chi connectivity index (χ0) is 13.7. The molecule has 4 bridgehead atoms. The molecule has 1 N–H and O–H groups in total. The van der Waals surface area contributed by atoms with E-state index in [9.17, 15) is 0 Å². The van der Waals surface area contributed by atoms with E-state index in [-0.39, 0.29) is 0 Å². The standard InChI is InChI=1S/C17H26N2O/c1-11-19-16(15(20-11)3-4-18-2)17-8-12-5-13(9-17)7-14(6-12)10-17/h12-14,18H,3-10H2,1-2H3. The van der Waals surface area contributed by atoms with E-state index in [0.29, 0.717) is 5.41 Å². The lowest BCUT2D eigenvalue weighted by Crippen LogP contribution is -2.49. The predicted octanol–water partition coefficient (Wildman–Crippen LogP) is 3.21. The van der Waals surface area contributed by atoms with Crippen LogP contribution in [0.3, 0.4) is 0 Å². The molecule has 0 aromatic carbocycles. The summed E-state index contributed by atoms with van der Waals surface area (Å²) in [7, 11) is 2.01. The Morgan fingerprint density at radius 2 is 1.75 bits per heavy atom. The van der Waals surface area contributed by atoms with Crippen molar-refractivity contribution in [1.82, 2.24) is 10.3 Å². The van der Waals surface area contributed by atoms with Crippen molar-refractivity contribution in [3.8, 4) is 0 Å². The minimum atomic E-state index is 0.371. The summed E-state index contributed by atoms with van der Waals surface area (Å²) in [6.07, 6.45) is 9.56. The summed E-state index contributed by atoms with van der Waals surface area (Å²) in [5.74, 6) is 4.93. The summed E-state index contributed by atoms with van der Waals surface area (Å²) in [4.78, 5) is 4.86. The lowest BCUT2D eigenvalue weighted by atomic mass is 9.48. The SMILES string of the molecule is CNCCc1oc(C)nc1C12CC3CC(CC(C3)C1)C2. The molecule has 4 aliphatic carbocycles. The van der Waals surface area contributed by atoms with Gasteiger partial charge in [-0.1, -0.05) is 0 Å². The van der Waals surface area contributed by atoms with Crippen LogP contribution in [0.15, 0.2) is 4.42 Å². The lowest BCUT2D eigenvalue weighted by Gasteiger charge is -2.56. The van der Waals surface area contributed by atoms with E-state index < -0.39 is 0 Å². The van der Waals surface area contributed by atoms with Crippen molar-refractivity contribution in [2.75, 3.05) is 13.6 Å². The van der Waals surface area contributed by atoms with Gasteiger partial charge in [0.2, 0.25) is 0 Å². The normalized spacial score (nSPS) is 38.6. The third kappa shape index (κ3) is 1.93. The first-order chi connectivity index (χ1) is 9.68. The molecule has 0 saturated heterocycles. The number of aryl methyl sites for hydroxylation is 1. The zero-order valence-corrected chi connectivity index (χ0v) is 12.7. The van der Waals surface area contributed by atoms with Crippen LogP contribution >= 0.6 is 0 Å². The number of nitrogens with zero attached hydrogens (tertiary/aromatic N) is 1. The molecule has 4 fully saturated rings. The largest absolute Gasteiger partial charge is 0.446 e. The molecule has 4 aliphatic rings. The Bertz CT molecular complexity index is 470. The highest BCUT2D eigenvalue weighted by Crippen LogP contribution is 2.60. The average molecular weight is 274 g/mol. The number of hydrogen-bond acceptors (Lipinski definition) is 3. The highest BCUT2D eigenvalue weighted by atomic mass is 16.4. The van der Waals surface area contributed by atoms with Gasteiger partial charge in [-0.3, -0.25) is 0 Å². The maximum atomic E-state index is 5.96. The van der Waals surface area contributed by atoms with Crippen molar-refractivity contribution < 1.29 is 4.42 Å². The second-order valence-electron chi connectivity index (χ2n) is 7.56. The zero-order valence-electron chi connectivity index (χ0n) is 12.7. The van der Waals surface area contributed by atoms with Gasteiger partial charge >= 0.3 is 0 Å². The lowest BCUT2D eigenvalue weighted by molar-refractivity contribution is -0.00776. The van der Waals surface area contributed by atoms with Gasteiger partial charge in [0.25, 0.3) is 0 Å². The van der Waals surface area contributed by atoms with Gasteiger partial charge in [0.1, 0.15) is 5.76 Å². The summed E-state index contributed by atoms with van der Waals surface area (Å²) in [6.45, 7) is 2.99. The Hall–Kier alpha value is -0.830. The van der Waals surface area contributed by atoms with Crippen LogP contribution in [0.25, 0.3) is 0 Å². The maximum Gasteiger partial charge on any atom is 0.191 e. The highest BCUT2D eigenvalue weighted by Gasteiger charge is 2.53. The molecule has 20 heavy (non-hydrogen) atoms. The minimum Gasteiger partial charge on any atom is -0.446 e. The number of hydrogen-bond donors (Lipinski definition) is 1. The van der Waals surface area contributed by atoms with Gasteiger partial charge in [-0.25, -0.2) is 4.98 Å². The highest BCUT2D eigenvalue weighted by molar-refractivity contribution is 5.27. The van der Waals surface area contributed by atoms with Gasteiger partial charge in [-0.15, -0.1) is 0 Å². The average Bonchev–Trinajstić information content (AvgIpc) is 2.77. The van der Waals surface area contributed by atoms with Crippen LogP contribution in [0, 0.1) is 24.7 Å². The van der Waals surface area contributed by atoms with Crippen LogP contribution in [0.1, 0.15) is 55.9 Å². The van der Waals surface area contributed by atoms with Gasteiger partial charge in [0, 0.05) is 25.3 Å². The number of nitrogens with one attached hydrogen (secondary N) is 1. The maximum absolute atomic E-state index is 5.96. The van der Waals surface area contributed by atoms with E-state index in [1.54, 1.807) is 0 Å². The molecule has 1 aromatic rings. The van der Waals surface area contributed by atoms with E-state index in [2.05, 4.69) is 5.32 Å². The molecule has 110 valence electrons. The van der Waals surface area contributed by atoms with Crippen LogP contribution in [0.4, 0.5) is 0 Å². The van der Waals surface area contributed by atoms with Gasteiger partial charge < -0.3 is 9.73 Å². The van der Waals surface area contributed by atoms with Crippen molar-refractivity contribution in [3.05, 3.63) is 17.3 Å². The van der Waals surface area contributed by atoms with Gasteiger partial charge in [-0.05, 0) is 63.3 Å². The molecule has 1 aromatic heterocycles. The summed E-state index contributed by atoms with van der Waals surface area (Å²) in [5, 5.41) is 3.24. The van der Waals surface area contributed by atoms with Crippen molar-refractivity contribution in [2.45, 2.75) is 57.3 Å². The molecule has 4 saturated carbocycles. The Kier molecular flexibility index (Phi) is 2.95. The molecule has 0 radical (unpaired) electrons. The number of likely N-dealkylation sites (N-methyl/N-ethyl adjacent to an activating group) is 1. The summed E-state index contributed by atoms with van der Waals surface area (Å²) in [5.41, 5.74) is 1.71. The summed E-state index contributed by atoms with van der Waals surface area (Å²) in [6, 6.07) is 0. The molecule has 5 rings (SSSR count). The number of rotatable bonds is 4. The first kappa shape index (κ1) is 12.9. The van der Waals surface area contributed by atoms with Crippen molar-refractivity contribution >= 4 is 0 Å². The molecular weight excluding hydrogens is 248 g/mol. The molecule has 0 aliphatic heterocycles. The molecule has 0 amide bonds. The first-order valence-electron chi connectivity index (χ1n) is 8.30. The molecule has 0 unspecified atom stereocenters. The predicted molar refractivity (Wildman–Crippen MR) is 78.7 cm³/mol. The van der Waals surface area contributed by atoms with Crippen LogP contribution in [-0.4, -0.2) is 18.6 Å². The first-order valence-corrected chi connectivity index (χ1v) is 8.30. The second kappa shape index (κ2) is 4.59. The summed E-state index contributed by atoms with van der Waals surface area (Å²) >= 11 is 0. The van der Waals surface area contributed by atoms with E-state index in [0.717, 1.165) is 36.6 Å². The Morgan fingerprint density at radius 1 is 1.15 bits per heavy atom. The monoisotopic (exact) mass is 274 g/mol. The van der Waals surface area contributed by atoms with E-state index in [1.807, 2.05) is 14.0 Å². The molecular formula is C17H26N2O. The van der Waals surface area contributed by atoms with Gasteiger partial charge in [0.05, 0.1) is 5.69 Å². The van der Waals surface area contributed by atoms with Crippen LogP contribution in [0.5, 0.6) is 0 Å². The third-order valence-electron chi connectivity index (χ3n) is 5.95. The molecule has 0 atom stereocenters. The minimum absolute atomic E-state index is 0.371. The Morgan fingerprint density at radius 3 is 2.30 bits per heavy atom. The van der Waals surface area contributed by atoms with Crippen LogP contribution in [0.2, 0.25) is 0 Å². The molecule has 3 heteroatoms. The van der Waals surface area contributed by atoms with Gasteiger partial charge in [-0.2, -0.15) is 0 Å². The smallest absolute Gasteiger partial charge is 0.191 e. The fraction of sp³-hybridized carbons (Fsp3) is 0.824. The number of aromatic nitrogens is 1. The summed E-state index contributed by atoms with van der Waals surface area (Å²) < 4.78 is 5.96. The van der Waals surface area contributed by atoms with E-state index in [1.165, 1.54) is 50.0 Å². The quantitative estimate of drug-likeness (QED) is 0.916.